The van der Waals surface area contributed by atoms with Crippen LogP contribution in [0.5, 0.6) is 11.5 Å². The molecule has 1 atom stereocenters. The molecular weight excluding hydrogens is 453 g/mol. The Morgan fingerprint density at radius 3 is 1.97 bits per heavy atom. The molecular formula is C24H15Cl2NO5. The molecule has 1 saturated heterocycles. The van der Waals surface area contributed by atoms with E-state index in [1.54, 1.807) is 24.3 Å². The highest BCUT2D eigenvalue weighted by Gasteiger charge is 2.48. The van der Waals surface area contributed by atoms with Crippen LogP contribution < -0.4 is 4.90 Å². The van der Waals surface area contributed by atoms with Crippen molar-refractivity contribution in [3.05, 3.63) is 86.9 Å². The Morgan fingerprint density at radius 1 is 0.812 bits per heavy atom. The molecule has 0 spiro atoms. The average molecular weight is 468 g/mol. The minimum absolute atomic E-state index is 0.0275. The quantitative estimate of drug-likeness (QED) is 0.534. The van der Waals surface area contributed by atoms with Crippen molar-refractivity contribution < 1.29 is 24.6 Å². The zero-order valence-corrected chi connectivity index (χ0v) is 17.9. The van der Waals surface area contributed by atoms with Crippen molar-refractivity contribution in [2.45, 2.75) is 12.3 Å². The molecule has 5 rings (SSSR count). The van der Waals surface area contributed by atoms with Crippen LogP contribution in [0.4, 0.5) is 5.69 Å². The first-order valence-electron chi connectivity index (χ1n) is 9.80. The normalized spacial score (nSPS) is 18.1. The Bertz CT molecular complexity index is 1280. The van der Waals surface area contributed by atoms with Gasteiger partial charge in [0.1, 0.15) is 11.5 Å². The van der Waals surface area contributed by atoms with Crippen LogP contribution >= 0.6 is 23.2 Å². The topological polar surface area (TPSA) is 94.9 Å². The van der Waals surface area contributed by atoms with E-state index in [0.717, 1.165) is 4.90 Å². The number of benzene rings is 3. The molecule has 1 aliphatic carbocycles. The SMILES string of the molecule is O=C1c2c(O)cccc2C([C@@H]2CC(=O)N(c3ccc(Cl)c(Cl)c3)C2=O)c2cccc(O)c21. The minimum atomic E-state index is -0.842. The van der Waals surface area contributed by atoms with E-state index < -0.39 is 29.4 Å². The van der Waals surface area contributed by atoms with Gasteiger partial charge in [0, 0.05) is 12.3 Å². The first-order chi connectivity index (χ1) is 15.3. The smallest absolute Gasteiger partial charge is 0.238 e. The summed E-state index contributed by atoms with van der Waals surface area (Å²) in [5, 5.41) is 21.3. The summed E-state index contributed by atoms with van der Waals surface area (Å²) < 4.78 is 0. The number of ketones is 1. The van der Waals surface area contributed by atoms with Gasteiger partial charge >= 0.3 is 0 Å². The number of aromatic hydroxyl groups is 2. The van der Waals surface area contributed by atoms with Crippen LogP contribution in [0.15, 0.2) is 54.6 Å². The molecule has 2 amide bonds. The summed E-state index contributed by atoms with van der Waals surface area (Å²) in [6.45, 7) is 0. The molecule has 0 bridgehead atoms. The first kappa shape index (κ1) is 20.5. The lowest BCUT2D eigenvalue weighted by atomic mass is 9.70. The maximum Gasteiger partial charge on any atom is 0.238 e. The van der Waals surface area contributed by atoms with Gasteiger partial charge in [0.15, 0.2) is 0 Å². The number of carbonyl (C=O) groups excluding carboxylic acids is 3. The second-order valence-electron chi connectivity index (χ2n) is 7.77. The number of halogens is 2. The summed E-state index contributed by atoms with van der Waals surface area (Å²) in [4.78, 5) is 40.6. The largest absolute Gasteiger partial charge is 0.507 e. The molecule has 1 aliphatic heterocycles. The highest BCUT2D eigenvalue weighted by molar-refractivity contribution is 6.42. The van der Waals surface area contributed by atoms with E-state index in [1.807, 2.05) is 0 Å². The predicted molar refractivity (Wildman–Crippen MR) is 119 cm³/mol. The molecule has 6 nitrogen and oxygen atoms in total. The number of imide groups is 1. The van der Waals surface area contributed by atoms with Gasteiger partial charge in [-0.3, -0.25) is 19.3 Å². The number of hydrogen-bond donors (Lipinski definition) is 2. The van der Waals surface area contributed by atoms with Gasteiger partial charge in [-0.15, -0.1) is 0 Å². The molecule has 0 radical (unpaired) electrons. The Labute approximate surface area is 192 Å². The van der Waals surface area contributed by atoms with E-state index in [0.29, 0.717) is 21.8 Å². The standard InChI is InChI=1S/C24H15Cl2NO5/c25-15-8-7-11(9-16(15)26)27-19(30)10-14(24(27)32)20-12-3-1-5-17(28)21(12)23(31)22-13(20)4-2-6-18(22)29/h1-9,14,20,28-29H,10H2/t14-/m0/s1. The fraction of sp³-hybridized carbons (Fsp3) is 0.125. The van der Waals surface area contributed by atoms with Gasteiger partial charge in [-0.2, -0.15) is 0 Å². The molecule has 3 aromatic carbocycles. The number of phenolic OH excluding ortho intramolecular Hbond substituents is 2. The second-order valence-corrected chi connectivity index (χ2v) is 8.58. The molecule has 8 heteroatoms. The van der Waals surface area contributed by atoms with Gasteiger partial charge in [0.2, 0.25) is 17.6 Å². The van der Waals surface area contributed by atoms with Gasteiger partial charge < -0.3 is 10.2 Å². The molecule has 1 heterocycles. The Kier molecular flexibility index (Phi) is 4.73. The van der Waals surface area contributed by atoms with E-state index in [9.17, 15) is 24.6 Å². The third-order valence-electron chi connectivity index (χ3n) is 6.02. The van der Waals surface area contributed by atoms with Crippen molar-refractivity contribution in [1.82, 2.24) is 0 Å². The molecule has 0 unspecified atom stereocenters. The number of nitrogens with zero attached hydrogens (tertiary/aromatic N) is 1. The van der Waals surface area contributed by atoms with Crippen LogP contribution in [-0.2, 0) is 9.59 Å². The number of hydrogen-bond acceptors (Lipinski definition) is 5. The van der Waals surface area contributed by atoms with Crippen LogP contribution in [0.2, 0.25) is 10.0 Å². The number of anilines is 1. The van der Waals surface area contributed by atoms with E-state index >= 15 is 0 Å². The summed E-state index contributed by atoms with van der Waals surface area (Å²) in [6.07, 6.45) is -0.109. The van der Waals surface area contributed by atoms with E-state index in [1.165, 1.54) is 30.3 Å². The third kappa shape index (κ3) is 2.91. The highest BCUT2D eigenvalue weighted by Crippen LogP contribution is 2.49. The monoisotopic (exact) mass is 467 g/mol. The number of carbonyl (C=O) groups is 3. The number of fused-ring (bicyclic) bond motifs is 2. The Morgan fingerprint density at radius 2 is 1.41 bits per heavy atom. The van der Waals surface area contributed by atoms with E-state index in [4.69, 9.17) is 23.2 Å². The van der Waals surface area contributed by atoms with Crippen molar-refractivity contribution in [2.24, 2.45) is 5.92 Å². The van der Waals surface area contributed by atoms with Crippen molar-refractivity contribution in [2.75, 3.05) is 4.90 Å². The van der Waals surface area contributed by atoms with Crippen molar-refractivity contribution in [3.63, 3.8) is 0 Å². The number of phenols is 2. The lowest BCUT2D eigenvalue weighted by Gasteiger charge is -2.31. The fourth-order valence-corrected chi connectivity index (χ4v) is 4.96. The van der Waals surface area contributed by atoms with Gasteiger partial charge in [-0.25, -0.2) is 0 Å². The minimum Gasteiger partial charge on any atom is -0.507 e. The number of amides is 2. The van der Waals surface area contributed by atoms with Gasteiger partial charge in [0.05, 0.1) is 32.8 Å². The highest BCUT2D eigenvalue weighted by atomic mass is 35.5. The lowest BCUT2D eigenvalue weighted by molar-refractivity contribution is -0.122. The zero-order chi connectivity index (χ0) is 22.7. The van der Waals surface area contributed by atoms with Gasteiger partial charge in [-0.1, -0.05) is 47.5 Å². The summed E-state index contributed by atoms with van der Waals surface area (Å²) >= 11 is 12.0. The van der Waals surface area contributed by atoms with Crippen LogP contribution in [0.1, 0.15) is 39.4 Å². The molecule has 2 aliphatic rings. The lowest BCUT2D eigenvalue weighted by Crippen LogP contribution is -2.33. The van der Waals surface area contributed by atoms with E-state index in [2.05, 4.69) is 0 Å². The summed E-state index contributed by atoms with van der Waals surface area (Å²) in [5.41, 5.74) is 1.24. The van der Waals surface area contributed by atoms with Crippen LogP contribution in [0.25, 0.3) is 0 Å². The van der Waals surface area contributed by atoms with E-state index in [-0.39, 0.29) is 34.1 Å². The van der Waals surface area contributed by atoms with Crippen LogP contribution in [-0.4, -0.2) is 27.8 Å². The first-order valence-corrected chi connectivity index (χ1v) is 10.6. The molecule has 3 aromatic rings. The average Bonchev–Trinajstić information content (AvgIpc) is 3.04. The van der Waals surface area contributed by atoms with Crippen molar-refractivity contribution in [1.29, 1.82) is 0 Å². The van der Waals surface area contributed by atoms with Crippen molar-refractivity contribution in [3.8, 4) is 11.5 Å². The third-order valence-corrected chi connectivity index (χ3v) is 6.76. The molecule has 1 fully saturated rings. The van der Waals surface area contributed by atoms with Gasteiger partial charge in [0.25, 0.3) is 0 Å². The summed E-state index contributed by atoms with van der Waals surface area (Å²) in [7, 11) is 0. The molecule has 32 heavy (non-hydrogen) atoms. The predicted octanol–water partition coefficient (Wildman–Crippen LogP) is 4.66. The van der Waals surface area contributed by atoms with Crippen LogP contribution in [0, 0.1) is 5.92 Å². The molecule has 0 aromatic heterocycles. The Balaban J connectivity index is 1.66. The molecule has 160 valence electrons. The van der Waals surface area contributed by atoms with Gasteiger partial charge in [-0.05, 0) is 41.5 Å². The summed E-state index contributed by atoms with van der Waals surface area (Å²) in [6, 6.07) is 13.7. The second kappa shape index (κ2) is 7.36. The number of rotatable bonds is 2. The molecule has 0 saturated carbocycles. The van der Waals surface area contributed by atoms with Crippen LogP contribution in [0.3, 0.4) is 0 Å². The maximum atomic E-state index is 13.5. The molecule has 2 N–H and O–H groups in total. The van der Waals surface area contributed by atoms with Crippen molar-refractivity contribution >= 4 is 46.5 Å². The maximum absolute atomic E-state index is 13.5. The Hall–Kier alpha value is -3.35. The zero-order valence-electron chi connectivity index (χ0n) is 16.4. The summed E-state index contributed by atoms with van der Waals surface area (Å²) in [5.74, 6) is -3.45. The fourth-order valence-electron chi connectivity index (χ4n) is 4.67.